The summed E-state index contributed by atoms with van der Waals surface area (Å²) >= 11 is 0. The first-order chi connectivity index (χ1) is 12.2. The monoisotopic (exact) mass is 328 g/mol. The number of phenolic OH excluding ortho intramolecular Hbond substituents is 1. The zero-order valence-corrected chi connectivity index (χ0v) is 13.5. The molecule has 0 saturated carbocycles. The molecule has 0 spiro atoms. The molecule has 1 N–H and O–H groups in total. The Hall–Kier alpha value is -3.40. The number of fused-ring (bicyclic) bond motifs is 1. The molecule has 0 unspecified atom stereocenters. The quantitative estimate of drug-likeness (QED) is 0.622. The Bertz CT molecular complexity index is 1100. The predicted octanol–water partition coefficient (Wildman–Crippen LogP) is 3.82. The molecule has 4 aromatic rings. The fraction of sp³-hybridized carbons (Fsp3) is 0.0476. The van der Waals surface area contributed by atoms with Gasteiger partial charge in [-0.2, -0.15) is 0 Å². The first-order valence-electron chi connectivity index (χ1n) is 8.06. The van der Waals surface area contributed by atoms with E-state index < -0.39 is 0 Å². The Balaban J connectivity index is 2.01. The maximum absolute atomic E-state index is 13.1. The van der Waals surface area contributed by atoms with E-state index in [0.29, 0.717) is 28.8 Å². The second-order valence-electron chi connectivity index (χ2n) is 5.85. The van der Waals surface area contributed by atoms with Crippen LogP contribution in [-0.4, -0.2) is 14.7 Å². The molecule has 122 valence electrons. The summed E-state index contributed by atoms with van der Waals surface area (Å²) in [6, 6.07) is 24.0. The molecule has 0 amide bonds. The van der Waals surface area contributed by atoms with Gasteiger partial charge in [0.2, 0.25) is 0 Å². The molecule has 25 heavy (non-hydrogen) atoms. The average Bonchev–Trinajstić information content (AvgIpc) is 2.65. The van der Waals surface area contributed by atoms with Gasteiger partial charge in [-0.3, -0.25) is 9.36 Å². The lowest BCUT2D eigenvalue weighted by Gasteiger charge is -2.14. The van der Waals surface area contributed by atoms with E-state index in [2.05, 4.69) is 4.98 Å². The number of rotatable bonds is 3. The molecule has 4 heteroatoms. The van der Waals surface area contributed by atoms with Gasteiger partial charge in [0.15, 0.2) is 0 Å². The SMILES string of the molecule is O=c1c2ccccc2nc(-c2ccccc2O)n1Cc1ccccc1. The standard InChI is InChI=1S/C21H16N2O2/c24-19-13-7-5-11-17(19)20-22-18-12-6-4-10-16(18)21(25)23(20)14-15-8-2-1-3-9-15/h1-13,24H,14H2. The van der Waals surface area contributed by atoms with E-state index in [1.165, 1.54) is 0 Å². The van der Waals surface area contributed by atoms with E-state index in [1.807, 2.05) is 54.6 Å². The van der Waals surface area contributed by atoms with Crippen LogP contribution in [0.25, 0.3) is 22.3 Å². The van der Waals surface area contributed by atoms with Crippen molar-refractivity contribution < 1.29 is 5.11 Å². The van der Waals surface area contributed by atoms with Crippen molar-refractivity contribution in [3.63, 3.8) is 0 Å². The summed E-state index contributed by atoms with van der Waals surface area (Å²) in [7, 11) is 0. The Morgan fingerprint density at radius 2 is 1.52 bits per heavy atom. The number of aromatic hydroxyl groups is 1. The van der Waals surface area contributed by atoms with Crippen molar-refractivity contribution >= 4 is 10.9 Å². The summed E-state index contributed by atoms with van der Waals surface area (Å²) in [5.41, 5.74) is 2.04. The van der Waals surface area contributed by atoms with Crippen LogP contribution in [-0.2, 0) is 6.54 Å². The van der Waals surface area contributed by atoms with Gasteiger partial charge < -0.3 is 5.11 Å². The smallest absolute Gasteiger partial charge is 0.261 e. The molecule has 1 heterocycles. The molecule has 3 aromatic carbocycles. The maximum atomic E-state index is 13.1. The zero-order chi connectivity index (χ0) is 17.2. The second-order valence-corrected chi connectivity index (χ2v) is 5.85. The van der Waals surface area contributed by atoms with E-state index >= 15 is 0 Å². The van der Waals surface area contributed by atoms with Gasteiger partial charge in [0, 0.05) is 0 Å². The number of benzene rings is 3. The van der Waals surface area contributed by atoms with Crippen molar-refractivity contribution in [3.8, 4) is 17.1 Å². The summed E-state index contributed by atoms with van der Waals surface area (Å²) in [4.78, 5) is 17.7. The molecule has 0 aliphatic carbocycles. The van der Waals surface area contributed by atoms with E-state index in [9.17, 15) is 9.90 Å². The van der Waals surface area contributed by atoms with E-state index in [1.54, 1.807) is 28.8 Å². The van der Waals surface area contributed by atoms with Gasteiger partial charge in [0.05, 0.1) is 23.0 Å². The third-order valence-electron chi connectivity index (χ3n) is 4.19. The highest BCUT2D eigenvalue weighted by Gasteiger charge is 2.15. The highest BCUT2D eigenvalue weighted by atomic mass is 16.3. The van der Waals surface area contributed by atoms with Crippen molar-refractivity contribution in [1.82, 2.24) is 9.55 Å². The topological polar surface area (TPSA) is 55.1 Å². The molecule has 0 aliphatic rings. The van der Waals surface area contributed by atoms with Crippen molar-refractivity contribution in [2.24, 2.45) is 0 Å². The van der Waals surface area contributed by atoms with Gasteiger partial charge in [-0.25, -0.2) is 4.98 Å². The Morgan fingerprint density at radius 3 is 2.32 bits per heavy atom. The Kier molecular flexibility index (Phi) is 3.78. The van der Waals surface area contributed by atoms with Crippen LogP contribution in [0, 0.1) is 0 Å². The molecule has 0 saturated heterocycles. The molecule has 1 aromatic heterocycles. The lowest BCUT2D eigenvalue weighted by atomic mass is 10.1. The van der Waals surface area contributed by atoms with Crippen LogP contribution in [0.5, 0.6) is 5.75 Å². The molecule has 0 aliphatic heterocycles. The Morgan fingerprint density at radius 1 is 0.840 bits per heavy atom. The normalized spacial score (nSPS) is 10.9. The first kappa shape index (κ1) is 15.1. The highest BCUT2D eigenvalue weighted by Crippen LogP contribution is 2.28. The van der Waals surface area contributed by atoms with Crippen LogP contribution in [0.3, 0.4) is 0 Å². The number of hydrogen-bond acceptors (Lipinski definition) is 3. The van der Waals surface area contributed by atoms with Gasteiger partial charge in [-0.1, -0.05) is 54.6 Å². The van der Waals surface area contributed by atoms with Crippen LogP contribution in [0.1, 0.15) is 5.56 Å². The van der Waals surface area contributed by atoms with Crippen LogP contribution < -0.4 is 5.56 Å². The summed E-state index contributed by atoms with van der Waals surface area (Å²) in [6.45, 7) is 0.390. The van der Waals surface area contributed by atoms with Gasteiger partial charge in [0.1, 0.15) is 11.6 Å². The molecule has 4 rings (SSSR count). The van der Waals surface area contributed by atoms with Crippen LogP contribution >= 0.6 is 0 Å². The van der Waals surface area contributed by atoms with Crippen LogP contribution in [0.15, 0.2) is 83.7 Å². The minimum absolute atomic E-state index is 0.103. The van der Waals surface area contributed by atoms with Crippen molar-refractivity contribution in [2.75, 3.05) is 0 Å². The third kappa shape index (κ3) is 2.78. The van der Waals surface area contributed by atoms with Gasteiger partial charge in [0.25, 0.3) is 5.56 Å². The highest BCUT2D eigenvalue weighted by molar-refractivity contribution is 5.80. The lowest BCUT2D eigenvalue weighted by molar-refractivity contribution is 0.476. The van der Waals surface area contributed by atoms with E-state index in [-0.39, 0.29) is 11.3 Å². The number of para-hydroxylation sites is 2. The number of hydrogen-bond donors (Lipinski definition) is 1. The molecular formula is C21H16N2O2. The zero-order valence-electron chi connectivity index (χ0n) is 13.5. The summed E-state index contributed by atoms with van der Waals surface area (Å²) < 4.78 is 1.62. The first-order valence-corrected chi connectivity index (χ1v) is 8.06. The summed E-state index contributed by atoms with van der Waals surface area (Å²) in [6.07, 6.45) is 0. The van der Waals surface area contributed by atoms with Crippen LogP contribution in [0.2, 0.25) is 0 Å². The van der Waals surface area contributed by atoms with E-state index in [4.69, 9.17) is 0 Å². The van der Waals surface area contributed by atoms with Gasteiger partial charge >= 0.3 is 0 Å². The Labute approximate surface area is 144 Å². The van der Waals surface area contributed by atoms with Crippen molar-refractivity contribution in [3.05, 3.63) is 94.8 Å². The molecule has 4 nitrogen and oxygen atoms in total. The third-order valence-corrected chi connectivity index (χ3v) is 4.19. The predicted molar refractivity (Wildman–Crippen MR) is 98.6 cm³/mol. The number of nitrogens with zero attached hydrogens (tertiary/aromatic N) is 2. The minimum atomic E-state index is -0.118. The van der Waals surface area contributed by atoms with Crippen molar-refractivity contribution in [1.29, 1.82) is 0 Å². The lowest BCUT2D eigenvalue weighted by Crippen LogP contribution is -2.24. The average molecular weight is 328 g/mol. The largest absolute Gasteiger partial charge is 0.507 e. The summed E-state index contributed by atoms with van der Waals surface area (Å²) in [5, 5.41) is 10.8. The number of phenols is 1. The van der Waals surface area contributed by atoms with Crippen LogP contribution in [0.4, 0.5) is 0 Å². The fourth-order valence-corrected chi connectivity index (χ4v) is 2.95. The molecule has 0 bridgehead atoms. The van der Waals surface area contributed by atoms with Crippen molar-refractivity contribution in [2.45, 2.75) is 6.54 Å². The fourth-order valence-electron chi connectivity index (χ4n) is 2.95. The molecule has 0 fully saturated rings. The maximum Gasteiger partial charge on any atom is 0.261 e. The molecule has 0 radical (unpaired) electrons. The van der Waals surface area contributed by atoms with Gasteiger partial charge in [-0.05, 0) is 29.8 Å². The number of aromatic nitrogens is 2. The summed E-state index contributed by atoms with van der Waals surface area (Å²) in [5.74, 6) is 0.567. The molecular weight excluding hydrogens is 312 g/mol. The molecule has 0 atom stereocenters. The second kappa shape index (κ2) is 6.24. The minimum Gasteiger partial charge on any atom is -0.507 e. The van der Waals surface area contributed by atoms with E-state index in [0.717, 1.165) is 5.56 Å². The van der Waals surface area contributed by atoms with Gasteiger partial charge in [-0.15, -0.1) is 0 Å².